The largest absolute Gasteiger partial charge is 0.479 e. The van der Waals surface area contributed by atoms with Crippen LogP contribution in [-0.4, -0.2) is 17.7 Å². The number of carboxylic acids is 1. The van der Waals surface area contributed by atoms with Crippen LogP contribution in [0, 0.1) is 5.82 Å². The molecule has 0 fully saturated rings. The Labute approximate surface area is 100 Å². The summed E-state index contributed by atoms with van der Waals surface area (Å²) in [6.45, 7) is 3.78. The summed E-state index contributed by atoms with van der Waals surface area (Å²) in [4.78, 5) is 11.3. The zero-order valence-corrected chi connectivity index (χ0v) is 10.1. The summed E-state index contributed by atoms with van der Waals surface area (Å²) in [5, 5.41) is 9.23. The van der Waals surface area contributed by atoms with Crippen LogP contribution in [0.25, 0.3) is 0 Å². The fourth-order valence-electron chi connectivity index (χ4n) is 1.47. The summed E-state index contributed by atoms with van der Waals surface area (Å²) in [5.41, 5.74) is -1.17. The molecule has 94 valence electrons. The lowest BCUT2D eigenvalue weighted by atomic mass is 9.96. The van der Waals surface area contributed by atoms with Crippen molar-refractivity contribution < 1.29 is 19.0 Å². The highest BCUT2D eigenvalue weighted by Gasteiger charge is 2.36. The normalized spacial score (nSPS) is 14.3. The predicted molar refractivity (Wildman–Crippen MR) is 62.2 cm³/mol. The summed E-state index contributed by atoms with van der Waals surface area (Å²) in [7, 11) is 0. The van der Waals surface area contributed by atoms with Crippen LogP contribution < -0.4 is 0 Å². The second-order valence-electron chi connectivity index (χ2n) is 4.05. The smallest absolute Gasteiger partial charge is 0.340 e. The van der Waals surface area contributed by atoms with Crippen LogP contribution in [0.1, 0.15) is 32.3 Å². The Morgan fingerprint density at radius 1 is 1.53 bits per heavy atom. The van der Waals surface area contributed by atoms with Crippen LogP contribution in [0.2, 0.25) is 0 Å². The van der Waals surface area contributed by atoms with Gasteiger partial charge in [0, 0.05) is 6.61 Å². The minimum atomic E-state index is -1.49. The van der Waals surface area contributed by atoms with Gasteiger partial charge >= 0.3 is 5.97 Å². The monoisotopic (exact) mass is 240 g/mol. The van der Waals surface area contributed by atoms with E-state index in [0.717, 1.165) is 12.8 Å². The van der Waals surface area contributed by atoms with Gasteiger partial charge in [0.05, 0.1) is 0 Å². The number of carbonyl (C=O) groups is 1. The van der Waals surface area contributed by atoms with Gasteiger partial charge in [-0.05, 0) is 31.0 Å². The molecular formula is C13H17FO3. The van der Waals surface area contributed by atoms with Crippen molar-refractivity contribution in [2.45, 2.75) is 32.3 Å². The molecule has 0 saturated heterocycles. The van der Waals surface area contributed by atoms with Gasteiger partial charge in [0.1, 0.15) is 5.82 Å². The molecular weight excluding hydrogens is 223 g/mol. The highest BCUT2D eigenvalue weighted by Crippen LogP contribution is 2.26. The summed E-state index contributed by atoms with van der Waals surface area (Å²) in [6, 6.07) is 5.51. The van der Waals surface area contributed by atoms with Crippen molar-refractivity contribution in [1.82, 2.24) is 0 Å². The van der Waals surface area contributed by atoms with Crippen molar-refractivity contribution in [2.75, 3.05) is 6.61 Å². The molecule has 0 aromatic heterocycles. The highest BCUT2D eigenvalue weighted by atomic mass is 19.1. The second-order valence-corrected chi connectivity index (χ2v) is 4.05. The van der Waals surface area contributed by atoms with Gasteiger partial charge in [0.25, 0.3) is 0 Å². The standard InChI is InChI=1S/C13H17FO3/c1-3-4-8-17-13(2,12(15)16)10-6-5-7-11(14)9-10/h5-7,9H,3-4,8H2,1-2H3,(H,15,16). The van der Waals surface area contributed by atoms with E-state index in [1.807, 2.05) is 6.92 Å². The molecule has 1 rings (SSSR count). The second kappa shape index (κ2) is 5.77. The Hall–Kier alpha value is -1.42. The zero-order chi connectivity index (χ0) is 12.9. The van der Waals surface area contributed by atoms with Gasteiger partial charge in [0.2, 0.25) is 0 Å². The lowest BCUT2D eigenvalue weighted by Gasteiger charge is -2.25. The first-order valence-corrected chi connectivity index (χ1v) is 5.64. The maximum Gasteiger partial charge on any atom is 0.340 e. The first-order valence-electron chi connectivity index (χ1n) is 5.64. The fourth-order valence-corrected chi connectivity index (χ4v) is 1.47. The van der Waals surface area contributed by atoms with Crippen molar-refractivity contribution in [3.63, 3.8) is 0 Å². The number of hydrogen-bond donors (Lipinski definition) is 1. The van der Waals surface area contributed by atoms with E-state index in [1.54, 1.807) is 6.07 Å². The van der Waals surface area contributed by atoms with Crippen molar-refractivity contribution in [1.29, 1.82) is 0 Å². The zero-order valence-electron chi connectivity index (χ0n) is 10.1. The topological polar surface area (TPSA) is 46.5 Å². The van der Waals surface area contributed by atoms with Gasteiger partial charge in [-0.3, -0.25) is 0 Å². The molecule has 0 aliphatic rings. The number of unbranched alkanes of at least 4 members (excludes halogenated alkanes) is 1. The molecule has 0 aliphatic heterocycles. The third kappa shape index (κ3) is 3.27. The molecule has 0 bridgehead atoms. The van der Waals surface area contributed by atoms with E-state index in [-0.39, 0.29) is 0 Å². The van der Waals surface area contributed by atoms with Gasteiger partial charge in [-0.15, -0.1) is 0 Å². The average Bonchev–Trinajstić information content (AvgIpc) is 2.29. The van der Waals surface area contributed by atoms with E-state index in [1.165, 1.54) is 25.1 Å². The van der Waals surface area contributed by atoms with E-state index >= 15 is 0 Å². The molecule has 4 heteroatoms. The molecule has 3 nitrogen and oxygen atoms in total. The Balaban J connectivity index is 2.95. The number of benzene rings is 1. The molecule has 1 N–H and O–H groups in total. The third-order valence-electron chi connectivity index (χ3n) is 2.67. The molecule has 17 heavy (non-hydrogen) atoms. The SMILES string of the molecule is CCCCOC(C)(C(=O)O)c1cccc(F)c1. The number of halogens is 1. The molecule has 1 unspecified atom stereocenters. The molecule has 1 aromatic carbocycles. The van der Waals surface area contributed by atoms with Gasteiger partial charge in [-0.25, -0.2) is 9.18 Å². The third-order valence-corrected chi connectivity index (χ3v) is 2.67. The Bertz CT molecular complexity index is 392. The van der Waals surface area contributed by atoms with Crippen LogP contribution in [0.15, 0.2) is 24.3 Å². The van der Waals surface area contributed by atoms with E-state index < -0.39 is 17.4 Å². The average molecular weight is 240 g/mol. The van der Waals surface area contributed by atoms with Gasteiger partial charge < -0.3 is 9.84 Å². The number of aliphatic carboxylic acids is 1. The predicted octanol–water partition coefficient (Wildman–Crippen LogP) is 2.94. The van der Waals surface area contributed by atoms with Gasteiger partial charge in [0.15, 0.2) is 5.60 Å². The quantitative estimate of drug-likeness (QED) is 0.777. The maximum atomic E-state index is 13.1. The van der Waals surface area contributed by atoms with Crippen molar-refractivity contribution in [3.05, 3.63) is 35.6 Å². The van der Waals surface area contributed by atoms with Crippen LogP contribution in [0.4, 0.5) is 4.39 Å². The Kier molecular flexibility index (Phi) is 4.63. The number of rotatable bonds is 6. The summed E-state index contributed by atoms with van der Waals surface area (Å²) < 4.78 is 18.5. The minimum Gasteiger partial charge on any atom is -0.479 e. The van der Waals surface area contributed by atoms with Crippen LogP contribution in [0.5, 0.6) is 0 Å². The van der Waals surface area contributed by atoms with Crippen LogP contribution in [-0.2, 0) is 15.1 Å². The molecule has 1 aromatic rings. The van der Waals surface area contributed by atoms with Crippen LogP contribution >= 0.6 is 0 Å². The van der Waals surface area contributed by atoms with E-state index in [0.29, 0.717) is 12.2 Å². The van der Waals surface area contributed by atoms with Crippen molar-refractivity contribution >= 4 is 5.97 Å². The lowest BCUT2D eigenvalue weighted by molar-refractivity contribution is -0.165. The van der Waals surface area contributed by atoms with Crippen molar-refractivity contribution in [3.8, 4) is 0 Å². The van der Waals surface area contributed by atoms with E-state index in [2.05, 4.69) is 0 Å². The molecule has 0 radical (unpaired) electrons. The van der Waals surface area contributed by atoms with Gasteiger partial charge in [-0.1, -0.05) is 25.5 Å². The Morgan fingerprint density at radius 2 is 2.24 bits per heavy atom. The summed E-state index contributed by atoms with van der Waals surface area (Å²) >= 11 is 0. The first-order chi connectivity index (χ1) is 8.00. The van der Waals surface area contributed by atoms with Gasteiger partial charge in [-0.2, -0.15) is 0 Å². The van der Waals surface area contributed by atoms with Crippen molar-refractivity contribution in [2.24, 2.45) is 0 Å². The highest BCUT2D eigenvalue weighted by molar-refractivity contribution is 5.78. The molecule has 0 saturated carbocycles. The Morgan fingerprint density at radius 3 is 2.76 bits per heavy atom. The lowest BCUT2D eigenvalue weighted by Crippen LogP contribution is -2.36. The van der Waals surface area contributed by atoms with E-state index in [9.17, 15) is 14.3 Å². The number of carboxylic acid groups (broad SMARTS) is 1. The van der Waals surface area contributed by atoms with E-state index in [4.69, 9.17) is 4.74 Å². The molecule has 0 aliphatic carbocycles. The fraction of sp³-hybridized carbons (Fsp3) is 0.462. The molecule has 0 heterocycles. The minimum absolute atomic E-state index is 0.320. The summed E-state index contributed by atoms with van der Waals surface area (Å²) in [6.07, 6.45) is 1.69. The first kappa shape index (κ1) is 13.6. The van der Waals surface area contributed by atoms with Crippen LogP contribution in [0.3, 0.4) is 0 Å². The summed E-state index contributed by atoms with van der Waals surface area (Å²) in [5.74, 6) is -1.58. The molecule has 0 amide bonds. The molecule has 0 spiro atoms. The number of hydrogen-bond acceptors (Lipinski definition) is 2. The molecule has 1 atom stereocenters. The maximum absolute atomic E-state index is 13.1. The number of ether oxygens (including phenoxy) is 1.